The molecule has 1 heterocycles. The van der Waals surface area contributed by atoms with E-state index in [1.807, 2.05) is 39.1 Å². The van der Waals surface area contributed by atoms with Crippen molar-refractivity contribution < 1.29 is 14.4 Å². The summed E-state index contributed by atoms with van der Waals surface area (Å²) in [5.74, 6) is 1.31. The number of fused-ring (bicyclic) bond motifs is 3. The Morgan fingerprint density at radius 2 is 1.70 bits per heavy atom. The number of aldehydes is 1. The third-order valence-electron chi connectivity index (χ3n) is 6.69. The minimum Gasteiger partial charge on any atom is -0.299 e. The zero-order valence-corrected chi connectivity index (χ0v) is 23.2. The van der Waals surface area contributed by atoms with Crippen molar-refractivity contribution in [2.45, 2.75) is 100 Å². The molecule has 0 aliphatic heterocycles. The molecular weight excluding hydrogens is 428 g/mol. The van der Waals surface area contributed by atoms with E-state index in [9.17, 15) is 14.4 Å². The highest BCUT2D eigenvalue weighted by atomic mass is 32.1. The Kier molecular flexibility index (Phi) is 15.4. The molecule has 3 fully saturated rings. The van der Waals surface area contributed by atoms with Crippen molar-refractivity contribution in [1.29, 1.82) is 0 Å². The molecule has 188 valence electrons. The Morgan fingerprint density at radius 1 is 1.09 bits per heavy atom. The van der Waals surface area contributed by atoms with Gasteiger partial charge in [-0.3, -0.25) is 14.4 Å². The fraction of sp³-hybridized carbons (Fsp3) is 0.690. The highest BCUT2D eigenvalue weighted by Crippen LogP contribution is 2.55. The van der Waals surface area contributed by atoms with Crippen LogP contribution in [0.15, 0.2) is 29.7 Å². The summed E-state index contributed by atoms with van der Waals surface area (Å²) >= 11 is 1.45. The second-order valence-electron chi connectivity index (χ2n) is 9.31. The van der Waals surface area contributed by atoms with Crippen LogP contribution in [0.2, 0.25) is 0 Å². The van der Waals surface area contributed by atoms with Crippen LogP contribution in [-0.4, -0.2) is 17.9 Å². The molecule has 3 saturated carbocycles. The maximum Gasteiger partial charge on any atom is 0.168 e. The first-order chi connectivity index (χ1) is 15.8. The highest BCUT2D eigenvalue weighted by molar-refractivity contribution is 7.11. The molecule has 0 bridgehead atoms. The number of ketones is 2. The summed E-state index contributed by atoms with van der Waals surface area (Å²) in [4.78, 5) is 35.4. The fourth-order valence-corrected chi connectivity index (χ4v) is 5.82. The number of Topliss-reactive ketones (excluding diaryl/α,β-unsaturated/α-hetero) is 2. The van der Waals surface area contributed by atoms with Crippen molar-refractivity contribution in [3.05, 3.63) is 34.5 Å². The summed E-state index contributed by atoms with van der Waals surface area (Å²) in [5.41, 5.74) is 0.948. The molecule has 4 unspecified atom stereocenters. The minimum absolute atomic E-state index is 0.0584. The second kappa shape index (κ2) is 16.1. The summed E-state index contributed by atoms with van der Waals surface area (Å²) in [5, 5.41) is 1.88. The van der Waals surface area contributed by atoms with Gasteiger partial charge in [-0.1, -0.05) is 80.9 Å². The number of carbonyl (C=O) groups is 3. The van der Waals surface area contributed by atoms with Gasteiger partial charge in [0.2, 0.25) is 0 Å². The van der Waals surface area contributed by atoms with Crippen LogP contribution in [0.4, 0.5) is 0 Å². The lowest BCUT2D eigenvalue weighted by atomic mass is 9.51. The molecule has 33 heavy (non-hydrogen) atoms. The van der Waals surface area contributed by atoms with Crippen LogP contribution >= 0.6 is 11.3 Å². The van der Waals surface area contributed by atoms with Gasteiger partial charge in [-0.2, -0.15) is 0 Å². The topological polar surface area (TPSA) is 51.2 Å². The largest absolute Gasteiger partial charge is 0.299 e. The van der Waals surface area contributed by atoms with Crippen LogP contribution in [0.5, 0.6) is 0 Å². The molecule has 3 nitrogen and oxygen atoms in total. The minimum atomic E-state index is -0.337. The average molecular weight is 477 g/mol. The fourth-order valence-electron chi connectivity index (χ4n) is 5.29. The molecule has 0 radical (unpaired) electrons. The van der Waals surface area contributed by atoms with Gasteiger partial charge in [0.15, 0.2) is 12.1 Å². The van der Waals surface area contributed by atoms with Gasteiger partial charge in [0, 0.05) is 6.42 Å². The van der Waals surface area contributed by atoms with E-state index >= 15 is 0 Å². The van der Waals surface area contributed by atoms with E-state index in [1.165, 1.54) is 37.0 Å². The van der Waals surface area contributed by atoms with Gasteiger partial charge in [-0.05, 0) is 65.9 Å². The van der Waals surface area contributed by atoms with Gasteiger partial charge in [-0.15, -0.1) is 11.3 Å². The van der Waals surface area contributed by atoms with Gasteiger partial charge < -0.3 is 0 Å². The number of hydrogen-bond acceptors (Lipinski definition) is 4. The van der Waals surface area contributed by atoms with E-state index in [1.54, 1.807) is 6.07 Å². The lowest BCUT2D eigenvalue weighted by molar-refractivity contribution is -0.146. The number of allylic oxidation sites excluding steroid dienone is 1. The molecule has 1 aromatic heterocycles. The second-order valence-corrected chi connectivity index (χ2v) is 10.3. The molecule has 0 aromatic carbocycles. The van der Waals surface area contributed by atoms with Gasteiger partial charge >= 0.3 is 0 Å². The number of rotatable bonds is 1. The Hall–Kier alpha value is -1.55. The summed E-state index contributed by atoms with van der Waals surface area (Å²) in [6.07, 6.45) is 8.21. The van der Waals surface area contributed by atoms with Crippen LogP contribution in [0.3, 0.4) is 0 Å². The zero-order valence-electron chi connectivity index (χ0n) is 22.4. The molecular formula is C29H48O3S. The normalized spacial score (nSPS) is 26.7. The SMILES string of the molecule is C=C1CCC2C(C(=O)CC3C2CCCC3(C)C)C1=O.CC.CC.CCC.O=Cc1cccs1. The molecule has 4 rings (SSSR count). The summed E-state index contributed by atoms with van der Waals surface area (Å²) < 4.78 is 0. The van der Waals surface area contributed by atoms with E-state index in [2.05, 4.69) is 34.3 Å². The average Bonchev–Trinajstić information content (AvgIpc) is 3.34. The number of hydrogen-bond donors (Lipinski definition) is 0. The summed E-state index contributed by atoms with van der Waals surface area (Å²) in [7, 11) is 0. The van der Waals surface area contributed by atoms with Crippen molar-refractivity contribution in [2.75, 3.05) is 0 Å². The Morgan fingerprint density at radius 3 is 2.18 bits per heavy atom. The predicted molar refractivity (Wildman–Crippen MR) is 143 cm³/mol. The zero-order chi connectivity index (χ0) is 25.6. The molecule has 0 spiro atoms. The molecule has 4 heteroatoms. The van der Waals surface area contributed by atoms with Crippen LogP contribution in [0.1, 0.15) is 110 Å². The molecule has 0 saturated heterocycles. The molecule has 3 aliphatic carbocycles. The van der Waals surface area contributed by atoms with Crippen molar-refractivity contribution in [3.8, 4) is 0 Å². The first-order valence-corrected chi connectivity index (χ1v) is 13.9. The van der Waals surface area contributed by atoms with Crippen molar-refractivity contribution in [2.24, 2.45) is 29.1 Å². The quantitative estimate of drug-likeness (QED) is 0.232. The van der Waals surface area contributed by atoms with Crippen LogP contribution in [0.25, 0.3) is 0 Å². The van der Waals surface area contributed by atoms with Gasteiger partial charge in [0.1, 0.15) is 5.78 Å². The molecule has 0 N–H and O–H groups in total. The highest BCUT2D eigenvalue weighted by Gasteiger charge is 2.53. The summed E-state index contributed by atoms with van der Waals surface area (Å²) in [6.45, 7) is 20.7. The first-order valence-electron chi connectivity index (χ1n) is 13.0. The van der Waals surface area contributed by atoms with Crippen LogP contribution in [-0.2, 0) is 9.59 Å². The van der Waals surface area contributed by atoms with Crippen LogP contribution < -0.4 is 0 Å². The predicted octanol–water partition coefficient (Wildman–Crippen LogP) is 8.58. The number of thiophene rings is 1. The lowest BCUT2D eigenvalue weighted by Crippen LogP contribution is -2.51. The van der Waals surface area contributed by atoms with Gasteiger partial charge in [0.05, 0.1) is 10.8 Å². The van der Waals surface area contributed by atoms with Crippen molar-refractivity contribution >= 4 is 29.2 Å². The number of carbonyl (C=O) groups excluding carboxylic acids is 3. The molecule has 3 aliphatic rings. The maximum atomic E-state index is 12.5. The van der Waals surface area contributed by atoms with E-state index in [-0.39, 0.29) is 22.9 Å². The van der Waals surface area contributed by atoms with E-state index < -0.39 is 0 Å². The van der Waals surface area contributed by atoms with Crippen LogP contribution in [0, 0.1) is 29.1 Å². The first kappa shape index (κ1) is 31.4. The van der Waals surface area contributed by atoms with Gasteiger partial charge in [0.25, 0.3) is 0 Å². The Bertz CT molecular complexity index is 717. The molecule has 1 aromatic rings. The maximum absolute atomic E-state index is 12.5. The third kappa shape index (κ3) is 8.63. The monoisotopic (exact) mass is 476 g/mol. The third-order valence-corrected chi connectivity index (χ3v) is 7.49. The van der Waals surface area contributed by atoms with Crippen molar-refractivity contribution in [3.63, 3.8) is 0 Å². The van der Waals surface area contributed by atoms with Gasteiger partial charge in [-0.25, -0.2) is 0 Å². The Labute approximate surface area is 207 Å². The van der Waals surface area contributed by atoms with E-state index in [0.717, 1.165) is 24.0 Å². The van der Waals surface area contributed by atoms with E-state index in [4.69, 9.17) is 0 Å². The molecule has 4 atom stereocenters. The molecule has 0 amide bonds. The smallest absolute Gasteiger partial charge is 0.168 e. The standard InChI is InChI=1S/C17H24O2.C5H4OS.C3H8.2C2H6/c1-10-6-7-12-11-5-4-8-17(2,3)13(11)9-14(18)15(12)16(10)19;6-4-5-2-1-3-7-5;1-3-2;2*1-2/h11-13,15H,1,4-9H2,2-3H3;1-4H;3H2,1-2H3;2*1-2H3. The Balaban J connectivity index is 0.000000608. The van der Waals surface area contributed by atoms with E-state index in [0.29, 0.717) is 29.7 Å². The van der Waals surface area contributed by atoms with Crippen molar-refractivity contribution in [1.82, 2.24) is 0 Å². The summed E-state index contributed by atoms with van der Waals surface area (Å²) in [6, 6.07) is 3.64. The lowest BCUT2D eigenvalue weighted by Gasteiger charge is -2.52.